The molecule has 2 aromatic carbocycles. The van der Waals surface area contributed by atoms with Gasteiger partial charge in [0.2, 0.25) is 5.91 Å². The Balaban J connectivity index is 0.00000150. The number of piperidine rings is 1. The molecule has 6 nitrogen and oxygen atoms in total. The number of carbonyl (C=O) groups is 1. The third kappa shape index (κ3) is 5.55. The normalized spacial score (nSPS) is 14.1. The van der Waals surface area contributed by atoms with Crippen molar-refractivity contribution in [2.45, 2.75) is 19.3 Å². The van der Waals surface area contributed by atoms with E-state index in [1.54, 1.807) is 0 Å². The van der Waals surface area contributed by atoms with Gasteiger partial charge < -0.3 is 20.4 Å². The minimum Gasteiger partial charge on any atom is -0.423 e. The first-order valence-electron chi connectivity index (χ1n) is 9.42. The third-order valence-electron chi connectivity index (χ3n) is 5.11. The minimum atomic E-state index is 0. The van der Waals surface area contributed by atoms with Crippen molar-refractivity contribution in [1.82, 2.24) is 10.3 Å². The predicted molar refractivity (Wildman–Crippen MR) is 121 cm³/mol. The first-order valence-corrected chi connectivity index (χ1v) is 9.42. The molecule has 0 spiro atoms. The van der Waals surface area contributed by atoms with Crippen molar-refractivity contribution < 1.29 is 9.21 Å². The summed E-state index contributed by atoms with van der Waals surface area (Å²) in [5, 5.41) is 3.06. The Kier molecular flexibility index (Phi) is 8.17. The maximum absolute atomic E-state index is 12.4. The standard InChI is InChI=1S/C21H24N4O2.2ClH/c22-17-7-5-15(6-8-17)9-12-23-20(26)16-10-13-25(14-11-16)21-24-18-3-1-2-4-19(18)27-21;;/h1-8,16H,9-14,22H2,(H,23,26);2*1H. The number of nitrogens with one attached hydrogen (secondary N) is 1. The molecule has 0 radical (unpaired) electrons. The molecule has 0 bridgehead atoms. The van der Waals surface area contributed by atoms with Crippen LogP contribution in [0.3, 0.4) is 0 Å². The van der Waals surface area contributed by atoms with E-state index >= 15 is 0 Å². The Labute approximate surface area is 182 Å². The zero-order valence-corrected chi connectivity index (χ0v) is 17.7. The number of nitrogen functional groups attached to an aromatic ring is 1. The number of oxazole rings is 1. The Bertz CT molecular complexity index is 889. The summed E-state index contributed by atoms with van der Waals surface area (Å²) in [5.41, 5.74) is 9.30. The molecule has 1 aliphatic heterocycles. The van der Waals surface area contributed by atoms with Crippen LogP contribution >= 0.6 is 24.8 Å². The van der Waals surface area contributed by atoms with Gasteiger partial charge in [0.1, 0.15) is 5.52 Å². The van der Waals surface area contributed by atoms with Gasteiger partial charge >= 0.3 is 0 Å². The molecule has 8 heteroatoms. The number of hydrogen-bond acceptors (Lipinski definition) is 5. The Morgan fingerprint density at radius 3 is 2.48 bits per heavy atom. The van der Waals surface area contributed by atoms with Crippen LogP contribution in [0.1, 0.15) is 18.4 Å². The molecule has 29 heavy (non-hydrogen) atoms. The highest BCUT2D eigenvalue weighted by Gasteiger charge is 2.26. The second kappa shape index (κ2) is 10.4. The molecular weight excluding hydrogens is 411 g/mol. The number of aromatic nitrogens is 1. The summed E-state index contributed by atoms with van der Waals surface area (Å²) < 4.78 is 5.83. The molecule has 1 amide bonds. The monoisotopic (exact) mass is 436 g/mol. The van der Waals surface area contributed by atoms with Gasteiger partial charge in [-0.3, -0.25) is 4.79 Å². The molecule has 1 aliphatic rings. The van der Waals surface area contributed by atoms with Crippen LogP contribution in [0.2, 0.25) is 0 Å². The van der Waals surface area contributed by atoms with E-state index in [4.69, 9.17) is 10.2 Å². The molecule has 156 valence electrons. The van der Waals surface area contributed by atoms with Crippen LogP contribution in [0.25, 0.3) is 11.1 Å². The van der Waals surface area contributed by atoms with Crippen LogP contribution in [-0.4, -0.2) is 30.5 Å². The zero-order chi connectivity index (χ0) is 18.6. The lowest BCUT2D eigenvalue weighted by molar-refractivity contribution is -0.125. The van der Waals surface area contributed by atoms with Crippen molar-refractivity contribution in [1.29, 1.82) is 0 Å². The van der Waals surface area contributed by atoms with E-state index in [1.807, 2.05) is 48.5 Å². The van der Waals surface area contributed by atoms with Gasteiger partial charge in [-0.1, -0.05) is 24.3 Å². The molecule has 4 rings (SSSR count). The molecule has 0 atom stereocenters. The number of nitrogens with zero attached hydrogens (tertiary/aromatic N) is 2. The quantitative estimate of drug-likeness (QED) is 0.593. The second-order valence-corrected chi connectivity index (χ2v) is 7.01. The molecule has 1 fully saturated rings. The first-order chi connectivity index (χ1) is 13.2. The van der Waals surface area contributed by atoms with Crippen LogP contribution in [0, 0.1) is 5.92 Å². The van der Waals surface area contributed by atoms with Crippen LogP contribution < -0.4 is 16.0 Å². The predicted octanol–water partition coefficient (Wildman–Crippen LogP) is 3.83. The van der Waals surface area contributed by atoms with Crippen molar-refractivity contribution in [3.63, 3.8) is 0 Å². The summed E-state index contributed by atoms with van der Waals surface area (Å²) in [6.07, 6.45) is 2.44. The van der Waals surface area contributed by atoms with Crippen LogP contribution in [0.15, 0.2) is 52.9 Å². The topological polar surface area (TPSA) is 84.4 Å². The van der Waals surface area contributed by atoms with Crippen molar-refractivity contribution in [3.8, 4) is 0 Å². The largest absolute Gasteiger partial charge is 0.423 e. The number of hydrogen-bond donors (Lipinski definition) is 2. The number of benzene rings is 2. The average molecular weight is 437 g/mol. The number of para-hydroxylation sites is 2. The highest BCUT2D eigenvalue weighted by molar-refractivity contribution is 5.85. The molecular formula is C21H26Cl2N4O2. The van der Waals surface area contributed by atoms with Gasteiger partial charge in [0.25, 0.3) is 6.01 Å². The molecule has 0 unspecified atom stereocenters. The highest BCUT2D eigenvalue weighted by Crippen LogP contribution is 2.26. The molecule has 1 aromatic heterocycles. The summed E-state index contributed by atoms with van der Waals surface area (Å²) in [6.45, 7) is 2.21. The van der Waals surface area contributed by atoms with Crippen molar-refractivity contribution in [2.75, 3.05) is 30.3 Å². The Morgan fingerprint density at radius 1 is 1.10 bits per heavy atom. The smallest absolute Gasteiger partial charge is 0.298 e. The number of rotatable bonds is 5. The van der Waals surface area contributed by atoms with Gasteiger partial charge in [-0.25, -0.2) is 0 Å². The number of nitrogens with two attached hydrogens (primary N) is 1. The lowest BCUT2D eigenvalue weighted by Crippen LogP contribution is -2.41. The third-order valence-corrected chi connectivity index (χ3v) is 5.11. The SMILES string of the molecule is Cl.Cl.Nc1ccc(CCNC(=O)C2CCN(c3nc4ccccc4o3)CC2)cc1. The summed E-state index contributed by atoms with van der Waals surface area (Å²) in [4.78, 5) is 19.1. The maximum Gasteiger partial charge on any atom is 0.298 e. The molecule has 2 heterocycles. The minimum absolute atomic E-state index is 0. The number of fused-ring (bicyclic) bond motifs is 1. The van der Waals surface area contributed by atoms with Gasteiger partial charge in [-0.15, -0.1) is 24.8 Å². The second-order valence-electron chi connectivity index (χ2n) is 7.01. The van der Waals surface area contributed by atoms with Crippen LogP contribution in [-0.2, 0) is 11.2 Å². The number of halogens is 2. The lowest BCUT2D eigenvalue weighted by Gasteiger charge is -2.30. The maximum atomic E-state index is 12.4. The van der Waals surface area contributed by atoms with E-state index < -0.39 is 0 Å². The van der Waals surface area contributed by atoms with Gasteiger partial charge in [0, 0.05) is 31.2 Å². The Morgan fingerprint density at radius 2 is 1.79 bits per heavy atom. The summed E-state index contributed by atoms with van der Waals surface area (Å²) >= 11 is 0. The zero-order valence-electron chi connectivity index (χ0n) is 16.0. The van der Waals surface area contributed by atoms with Crippen molar-refractivity contribution >= 4 is 53.5 Å². The van der Waals surface area contributed by atoms with Gasteiger partial charge in [0.05, 0.1) is 0 Å². The molecule has 0 saturated carbocycles. The molecule has 3 aromatic rings. The summed E-state index contributed by atoms with van der Waals surface area (Å²) in [6, 6.07) is 16.2. The Hall–Kier alpha value is -2.44. The van der Waals surface area contributed by atoms with E-state index in [-0.39, 0.29) is 36.6 Å². The fourth-order valence-corrected chi connectivity index (χ4v) is 3.49. The van der Waals surface area contributed by atoms with E-state index in [2.05, 4.69) is 15.2 Å². The van der Waals surface area contributed by atoms with Crippen molar-refractivity contribution in [2.24, 2.45) is 5.92 Å². The van der Waals surface area contributed by atoms with E-state index in [1.165, 1.54) is 5.56 Å². The molecule has 1 saturated heterocycles. The fraction of sp³-hybridized carbons (Fsp3) is 0.333. The van der Waals surface area contributed by atoms with Crippen LogP contribution in [0.4, 0.5) is 11.7 Å². The fourth-order valence-electron chi connectivity index (χ4n) is 3.49. The molecule has 3 N–H and O–H groups in total. The van der Waals surface area contributed by atoms with Gasteiger partial charge in [-0.2, -0.15) is 4.98 Å². The number of amides is 1. The molecule has 0 aliphatic carbocycles. The summed E-state index contributed by atoms with van der Waals surface area (Å²) in [7, 11) is 0. The average Bonchev–Trinajstić information content (AvgIpc) is 3.14. The van der Waals surface area contributed by atoms with E-state index in [0.717, 1.165) is 49.1 Å². The van der Waals surface area contributed by atoms with Gasteiger partial charge in [-0.05, 0) is 49.1 Å². The number of anilines is 2. The van der Waals surface area contributed by atoms with E-state index in [9.17, 15) is 4.79 Å². The van der Waals surface area contributed by atoms with E-state index in [0.29, 0.717) is 12.6 Å². The van der Waals surface area contributed by atoms with Crippen LogP contribution in [0.5, 0.6) is 0 Å². The number of carbonyl (C=O) groups excluding carboxylic acids is 1. The summed E-state index contributed by atoms with van der Waals surface area (Å²) in [5.74, 6) is 0.194. The van der Waals surface area contributed by atoms with Gasteiger partial charge in [0.15, 0.2) is 5.58 Å². The highest BCUT2D eigenvalue weighted by atomic mass is 35.5. The van der Waals surface area contributed by atoms with Crippen molar-refractivity contribution in [3.05, 3.63) is 54.1 Å². The lowest BCUT2D eigenvalue weighted by atomic mass is 9.96. The first kappa shape index (κ1) is 22.8.